The summed E-state index contributed by atoms with van der Waals surface area (Å²) in [5.41, 5.74) is 12.1. The van der Waals surface area contributed by atoms with Crippen LogP contribution in [0, 0.1) is 0 Å². The van der Waals surface area contributed by atoms with Crippen LogP contribution in [0.25, 0.3) is 86.3 Å². The van der Waals surface area contributed by atoms with Gasteiger partial charge < -0.3 is 9.32 Å². The molecule has 9 aromatic carbocycles. The Balaban J connectivity index is 1.21. The molecular weight excluding hydrogens is 687 g/mol. The molecule has 11 aromatic rings. The maximum Gasteiger partial charge on any atom is 0.137 e. The average Bonchev–Trinajstić information content (AvgIpc) is 3.83. The fourth-order valence-electron chi connectivity index (χ4n) is 8.31. The minimum Gasteiger partial charge on any atom is -0.456 e. The molecule has 0 spiro atoms. The van der Waals surface area contributed by atoms with Crippen molar-refractivity contribution < 1.29 is 4.42 Å². The predicted molar refractivity (Wildman–Crippen MR) is 235 cm³/mol. The lowest BCUT2D eigenvalue weighted by atomic mass is 9.93. The van der Waals surface area contributed by atoms with Crippen LogP contribution in [0.4, 0.5) is 17.1 Å². The molecule has 0 saturated carbocycles. The summed E-state index contributed by atoms with van der Waals surface area (Å²) in [6.07, 6.45) is 0. The molecule has 0 aliphatic carbocycles. The lowest BCUT2D eigenvalue weighted by molar-refractivity contribution is 0.669. The SMILES string of the molecule is c1ccc(-c2ccc(N(c3cc(-c4cccc5ccccc45)cc(-c4cccc5c4sc4ccccc45)c3)c3cccc4oc5ccccc5c34)cc2)cc1. The third-order valence-electron chi connectivity index (χ3n) is 10.8. The monoisotopic (exact) mass is 719 g/mol. The molecule has 0 amide bonds. The molecule has 0 unspecified atom stereocenters. The van der Waals surface area contributed by atoms with Crippen LogP contribution in [0.2, 0.25) is 0 Å². The normalized spacial score (nSPS) is 11.6. The quantitative estimate of drug-likeness (QED) is 0.170. The van der Waals surface area contributed by atoms with E-state index in [1.165, 1.54) is 58.8 Å². The lowest BCUT2D eigenvalue weighted by Crippen LogP contribution is -2.11. The lowest BCUT2D eigenvalue weighted by Gasteiger charge is -2.28. The van der Waals surface area contributed by atoms with Gasteiger partial charge in [-0.05, 0) is 98.8 Å². The van der Waals surface area contributed by atoms with Gasteiger partial charge in [0.05, 0.1) is 11.1 Å². The Morgan fingerprint density at radius 1 is 0.382 bits per heavy atom. The van der Waals surface area contributed by atoms with Crippen molar-refractivity contribution in [2.75, 3.05) is 4.90 Å². The number of furan rings is 1. The van der Waals surface area contributed by atoms with E-state index >= 15 is 0 Å². The first-order chi connectivity index (χ1) is 27.3. The number of rotatable bonds is 6. The molecule has 3 heteroatoms. The molecule has 2 heterocycles. The second-order valence-corrected chi connectivity index (χ2v) is 15.1. The molecular formula is C52H33NOS. The van der Waals surface area contributed by atoms with E-state index in [4.69, 9.17) is 4.42 Å². The summed E-state index contributed by atoms with van der Waals surface area (Å²) in [5, 5.41) is 7.23. The minimum absolute atomic E-state index is 0.866. The largest absolute Gasteiger partial charge is 0.456 e. The molecule has 0 radical (unpaired) electrons. The number of anilines is 3. The first-order valence-electron chi connectivity index (χ1n) is 18.7. The van der Waals surface area contributed by atoms with Crippen LogP contribution in [-0.4, -0.2) is 0 Å². The maximum absolute atomic E-state index is 6.48. The van der Waals surface area contributed by atoms with Crippen LogP contribution in [0.1, 0.15) is 0 Å². The third-order valence-corrected chi connectivity index (χ3v) is 12.1. The second kappa shape index (κ2) is 12.9. The average molecular weight is 720 g/mol. The van der Waals surface area contributed by atoms with Crippen molar-refractivity contribution in [2.24, 2.45) is 0 Å². The summed E-state index contributed by atoms with van der Waals surface area (Å²) in [5.74, 6) is 0. The van der Waals surface area contributed by atoms with Gasteiger partial charge >= 0.3 is 0 Å². The van der Waals surface area contributed by atoms with E-state index in [1.807, 2.05) is 17.4 Å². The Morgan fingerprint density at radius 3 is 1.87 bits per heavy atom. The zero-order valence-electron chi connectivity index (χ0n) is 29.8. The molecule has 2 nitrogen and oxygen atoms in total. The third kappa shape index (κ3) is 5.32. The first kappa shape index (κ1) is 31.6. The number of hydrogen-bond donors (Lipinski definition) is 0. The fourth-order valence-corrected chi connectivity index (χ4v) is 9.54. The van der Waals surface area contributed by atoms with E-state index in [2.05, 4.69) is 199 Å². The maximum atomic E-state index is 6.48. The molecule has 0 aliphatic heterocycles. The van der Waals surface area contributed by atoms with E-state index in [1.54, 1.807) is 0 Å². The van der Waals surface area contributed by atoms with Crippen molar-refractivity contribution >= 4 is 81.3 Å². The Bertz CT molecular complexity index is 3200. The van der Waals surface area contributed by atoms with E-state index in [-0.39, 0.29) is 0 Å². The van der Waals surface area contributed by atoms with Crippen LogP contribution in [0.15, 0.2) is 205 Å². The molecule has 0 bridgehead atoms. The fraction of sp³-hybridized carbons (Fsp3) is 0. The zero-order chi connectivity index (χ0) is 36.3. The van der Waals surface area contributed by atoms with Crippen molar-refractivity contribution in [3.05, 3.63) is 200 Å². The highest BCUT2D eigenvalue weighted by molar-refractivity contribution is 7.26. The minimum atomic E-state index is 0.866. The van der Waals surface area contributed by atoms with Gasteiger partial charge in [0, 0.05) is 36.9 Å². The van der Waals surface area contributed by atoms with Gasteiger partial charge in [-0.2, -0.15) is 0 Å². The van der Waals surface area contributed by atoms with Gasteiger partial charge in [0.2, 0.25) is 0 Å². The van der Waals surface area contributed by atoms with E-state index in [0.717, 1.165) is 44.6 Å². The molecule has 0 N–H and O–H groups in total. The Hall–Kier alpha value is -6.94. The Morgan fingerprint density at radius 2 is 1.00 bits per heavy atom. The summed E-state index contributed by atoms with van der Waals surface area (Å²) in [4.78, 5) is 2.42. The number of fused-ring (bicyclic) bond motifs is 7. The van der Waals surface area contributed by atoms with E-state index in [9.17, 15) is 0 Å². The van der Waals surface area contributed by atoms with Gasteiger partial charge in [-0.3, -0.25) is 0 Å². The highest BCUT2D eigenvalue weighted by Crippen LogP contribution is 2.47. The molecule has 2 aromatic heterocycles. The van der Waals surface area contributed by atoms with Crippen molar-refractivity contribution in [2.45, 2.75) is 0 Å². The van der Waals surface area contributed by atoms with Crippen molar-refractivity contribution in [3.8, 4) is 33.4 Å². The van der Waals surface area contributed by atoms with Crippen LogP contribution in [0.3, 0.4) is 0 Å². The van der Waals surface area contributed by atoms with Gasteiger partial charge in [0.25, 0.3) is 0 Å². The number of para-hydroxylation sites is 1. The molecule has 0 saturated heterocycles. The van der Waals surface area contributed by atoms with Crippen LogP contribution in [-0.2, 0) is 0 Å². The van der Waals surface area contributed by atoms with Crippen molar-refractivity contribution in [1.82, 2.24) is 0 Å². The highest BCUT2D eigenvalue weighted by atomic mass is 32.1. The summed E-state index contributed by atoms with van der Waals surface area (Å²) >= 11 is 1.87. The Labute approximate surface area is 322 Å². The van der Waals surface area contributed by atoms with Gasteiger partial charge in [0.1, 0.15) is 11.2 Å². The van der Waals surface area contributed by atoms with Gasteiger partial charge in [-0.15, -0.1) is 11.3 Å². The molecule has 11 rings (SSSR count). The summed E-state index contributed by atoms with van der Waals surface area (Å²) in [7, 11) is 0. The molecule has 55 heavy (non-hydrogen) atoms. The van der Waals surface area contributed by atoms with Gasteiger partial charge in [-0.1, -0.05) is 146 Å². The zero-order valence-corrected chi connectivity index (χ0v) is 30.6. The topological polar surface area (TPSA) is 16.4 Å². The Kier molecular flexibility index (Phi) is 7.39. The van der Waals surface area contributed by atoms with Crippen LogP contribution in [0.5, 0.6) is 0 Å². The van der Waals surface area contributed by atoms with E-state index in [0.29, 0.717) is 0 Å². The van der Waals surface area contributed by atoms with Gasteiger partial charge in [0.15, 0.2) is 0 Å². The number of hydrogen-bond acceptors (Lipinski definition) is 3. The number of thiophene rings is 1. The molecule has 0 aliphatic rings. The highest BCUT2D eigenvalue weighted by Gasteiger charge is 2.22. The van der Waals surface area contributed by atoms with Gasteiger partial charge in [-0.25, -0.2) is 0 Å². The van der Waals surface area contributed by atoms with Crippen molar-refractivity contribution in [1.29, 1.82) is 0 Å². The van der Waals surface area contributed by atoms with Crippen LogP contribution >= 0.6 is 11.3 Å². The standard InChI is InChI=1S/C52H33NOS/c1-2-13-34(14-3-1)35-27-29-39(30-28-35)53(47-23-12-25-49-51(47)46-19-6-8-24-48(46)54-49)40-32-37(42-20-10-16-36-15-4-5-17-41(36)42)31-38(33-40)43-21-11-22-45-44-18-7-9-26-50(44)55-52(43)45/h1-33H. The van der Waals surface area contributed by atoms with E-state index < -0.39 is 0 Å². The smallest absolute Gasteiger partial charge is 0.137 e. The molecule has 258 valence electrons. The predicted octanol–water partition coefficient (Wildman–Crippen LogP) is 15.6. The van der Waals surface area contributed by atoms with Crippen LogP contribution < -0.4 is 4.90 Å². The second-order valence-electron chi connectivity index (χ2n) is 14.1. The number of benzene rings is 9. The number of nitrogens with zero attached hydrogens (tertiary/aromatic N) is 1. The molecule has 0 atom stereocenters. The summed E-state index contributed by atoms with van der Waals surface area (Å²) in [6.45, 7) is 0. The summed E-state index contributed by atoms with van der Waals surface area (Å²) < 4.78 is 9.08. The molecule has 0 fully saturated rings. The first-order valence-corrected chi connectivity index (χ1v) is 19.5. The van der Waals surface area contributed by atoms with Crippen molar-refractivity contribution in [3.63, 3.8) is 0 Å². The summed E-state index contributed by atoms with van der Waals surface area (Å²) in [6, 6.07) is 72.3.